The Hall–Kier alpha value is -2.25. The summed E-state index contributed by atoms with van der Waals surface area (Å²) in [5, 5.41) is 19.7. The third kappa shape index (κ3) is 3.36. The molecule has 2 aromatic carbocycles. The number of nitriles is 1. The number of carboxylic acids is 1. The van der Waals surface area contributed by atoms with E-state index >= 15 is 0 Å². The summed E-state index contributed by atoms with van der Waals surface area (Å²) in [7, 11) is 0. The molecule has 0 aliphatic carbocycles. The minimum atomic E-state index is -1.16. The van der Waals surface area contributed by atoms with Crippen molar-refractivity contribution in [2.45, 2.75) is 10.6 Å². The second-order valence-electron chi connectivity index (χ2n) is 3.88. The molecular formula is C15H10NO2S-. The second kappa shape index (κ2) is 6.07. The Kier molecular flexibility index (Phi) is 4.22. The summed E-state index contributed by atoms with van der Waals surface area (Å²) in [5.41, 5.74) is 1.86. The predicted molar refractivity (Wildman–Crippen MR) is 71.5 cm³/mol. The quantitative estimate of drug-likeness (QED) is 0.797. The molecule has 0 unspecified atom stereocenters. The first-order chi connectivity index (χ1) is 9.20. The lowest BCUT2D eigenvalue weighted by atomic mass is 10.2. The Balaban J connectivity index is 2.10. The summed E-state index contributed by atoms with van der Waals surface area (Å²) < 4.78 is 0. The van der Waals surface area contributed by atoms with E-state index in [0.29, 0.717) is 16.2 Å². The molecule has 0 bridgehead atoms. The lowest BCUT2D eigenvalue weighted by Crippen LogP contribution is -2.22. The molecule has 0 amide bonds. The Labute approximate surface area is 115 Å². The molecule has 94 valence electrons. The molecule has 0 fully saturated rings. The van der Waals surface area contributed by atoms with E-state index in [1.165, 1.54) is 17.8 Å². The highest BCUT2D eigenvalue weighted by atomic mass is 32.2. The van der Waals surface area contributed by atoms with Crippen LogP contribution in [0, 0.1) is 11.3 Å². The van der Waals surface area contributed by atoms with E-state index in [1.807, 2.05) is 12.1 Å². The van der Waals surface area contributed by atoms with Gasteiger partial charge in [-0.25, -0.2) is 0 Å². The monoisotopic (exact) mass is 268 g/mol. The highest BCUT2D eigenvalue weighted by molar-refractivity contribution is 7.98. The highest BCUT2D eigenvalue weighted by Gasteiger charge is 2.03. The van der Waals surface area contributed by atoms with Gasteiger partial charge in [0.2, 0.25) is 0 Å². The molecule has 2 rings (SSSR count). The van der Waals surface area contributed by atoms with Gasteiger partial charge in [0.05, 0.1) is 17.6 Å². The molecule has 0 N–H and O–H groups in total. The van der Waals surface area contributed by atoms with Crippen LogP contribution in [-0.4, -0.2) is 5.97 Å². The maximum absolute atomic E-state index is 11.0. The molecule has 3 nitrogen and oxygen atoms in total. The van der Waals surface area contributed by atoms with Gasteiger partial charge in [0, 0.05) is 16.2 Å². The Bertz CT molecular complexity index is 629. The third-order valence-electron chi connectivity index (χ3n) is 2.58. The third-order valence-corrected chi connectivity index (χ3v) is 3.73. The number of hydrogen-bond acceptors (Lipinski definition) is 4. The standard InChI is InChI=1S/C15H11NO2S/c16-9-11-5-7-12(8-6-11)10-19-14-4-2-1-3-13(14)15(17)18/h1-8H,10H2,(H,17,18)/p-1. The van der Waals surface area contributed by atoms with Gasteiger partial charge < -0.3 is 9.90 Å². The van der Waals surface area contributed by atoms with Crippen molar-refractivity contribution in [3.8, 4) is 6.07 Å². The van der Waals surface area contributed by atoms with E-state index in [-0.39, 0.29) is 5.56 Å². The molecule has 19 heavy (non-hydrogen) atoms. The van der Waals surface area contributed by atoms with Crippen molar-refractivity contribution in [1.82, 2.24) is 0 Å². The molecule has 2 aromatic rings. The lowest BCUT2D eigenvalue weighted by Gasteiger charge is -2.09. The number of hydrogen-bond donors (Lipinski definition) is 0. The summed E-state index contributed by atoms with van der Waals surface area (Å²) in [4.78, 5) is 11.6. The van der Waals surface area contributed by atoms with Crippen LogP contribution in [0.4, 0.5) is 0 Å². The summed E-state index contributed by atoms with van der Waals surface area (Å²) in [6.45, 7) is 0. The van der Waals surface area contributed by atoms with Crippen molar-refractivity contribution in [2.24, 2.45) is 0 Å². The second-order valence-corrected chi connectivity index (χ2v) is 4.90. The average molecular weight is 268 g/mol. The van der Waals surface area contributed by atoms with Crippen LogP contribution in [0.25, 0.3) is 0 Å². The zero-order valence-electron chi connectivity index (χ0n) is 10.00. The molecule has 0 saturated carbocycles. The van der Waals surface area contributed by atoms with Gasteiger partial charge in [-0.1, -0.05) is 30.3 Å². The van der Waals surface area contributed by atoms with Gasteiger partial charge in [-0.05, 0) is 23.8 Å². The van der Waals surface area contributed by atoms with Crippen LogP contribution in [0.1, 0.15) is 21.5 Å². The molecule has 0 aromatic heterocycles. The number of aromatic carboxylic acids is 1. The van der Waals surface area contributed by atoms with Crippen molar-refractivity contribution in [3.63, 3.8) is 0 Å². The average Bonchev–Trinajstić information content (AvgIpc) is 2.46. The molecule has 0 radical (unpaired) electrons. The van der Waals surface area contributed by atoms with E-state index in [2.05, 4.69) is 6.07 Å². The molecule has 0 atom stereocenters. The summed E-state index contributed by atoms with van der Waals surface area (Å²) in [6, 6.07) is 16.1. The van der Waals surface area contributed by atoms with Gasteiger partial charge in [0.25, 0.3) is 0 Å². The highest BCUT2D eigenvalue weighted by Crippen LogP contribution is 2.26. The number of nitrogens with zero attached hydrogens (tertiary/aromatic N) is 1. The number of benzene rings is 2. The lowest BCUT2D eigenvalue weighted by molar-refractivity contribution is -0.255. The van der Waals surface area contributed by atoms with Crippen molar-refractivity contribution in [3.05, 3.63) is 65.2 Å². The van der Waals surface area contributed by atoms with Crippen LogP contribution < -0.4 is 5.11 Å². The number of carboxylic acid groups (broad SMARTS) is 1. The number of thioether (sulfide) groups is 1. The molecule has 0 heterocycles. The van der Waals surface area contributed by atoms with Crippen LogP contribution in [0.5, 0.6) is 0 Å². The topological polar surface area (TPSA) is 63.9 Å². The Morgan fingerprint density at radius 2 is 1.84 bits per heavy atom. The van der Waals surface area contributed by atoms with E-state index in [4.69, 9.17) is 5.26 Å². The van der Waals surface area contributed by atoms with Crippen molar-refractivity contribution < 1.29 is 9.90 Å². The first kappa shape index (κ1) is 13.2. The number of carbonyl (C=O) groups excluding carboxylic acids is 1. The minimum Gasteiger partial charge on any atom is -0.545 e. The summed E-state index contributed by atoms with van der Waals surface area (Å²) in [5.74, 6) is -0.515. The van der Waals surface area contributed by atoms with Gasteiger partial charge in [-0.3, -0.25) is 0 Å². The fourth-order valence-corrected chi connectivity index (χ4v) is 2.59. The number of rotatable bonds is 4. The molecule has 0 saturated heterocycles. The van der Waals surface area contributed by atoms with Gasteiger partial charge in [0.1, 0.15) is 0 Å². The predicted octanol–water partition coefficient (Wildman–Crippen LogP) is 2.21. The fraction of sp³-hybridized carbons (Fsp3) is 0.0667. The Morgan fingerprint density at radius 1 is 1.16 bits per heavy atom. The minimum absolute atomic E-state index is 0.209. The van der Waals surface area contributed by atoms with Crippen molar-refractivity contribution in [2.75, 3.05) is 0 Å². The smallest absolute Gasteiger partial charge is 0.0991 e. The zero-order chi connectivity index (χ0) is 13.7. The zero-order valence-corrected chi connectivity index (χ0v) is 10.8. The van der Waals surface area contributed by atoms with Crippen LogP contribution in [0.3, 0.4) is 0 Å². The maximum Gasteiger partial charge on any atom is 0.0991 e. The fourth-order valence-electron chi connectivity index (χ4n) is 1.60. The molecule has 4 heteroatoms. The van der Waals surface area contributed by atoms with Crippen LogP contribution in [0.15, 0.2) is 53.4 Å². The Morgan fingerprint density at radius 3 is 2.47 bits per heavy atom. The molecular weight excluding hydrogens is 258 g/mol. The maximum atomic E-state index is 11.0. The molecule has 0 spiro atoms. The van der Waals surface area contributed by atoms with Crippen LogP contribution >= 0.6 is 11.8 Å². The summed E-state index contributed by atoms with van der Waals surface area (Å²) in [6.07, 6.45) is 0. The van der Waals surface area contributed by atoms with Gasteiger partial charge in [-0.2, -0.15) is 5.26 Å². The van der Waals surface area contributed by atoms with Crippen molar-refractivity contribution in [1.29, 1.82) is 5.26 Å². The summed E-state index contributed by atoms with van der Waals surface area (Å²) >= 11 is 1.44. The SMILES string of the molecule is N#Cc1ccc(CSc2ccccc2C(=O)[O-])cc1. The first-order valence-electron chi connectivity index (χ1n) is 5.63. The van der Waals surface area contributed by atoms with E-state index in [0.717, 1.165) is 5.56 Å². The van der Waals surface area contributed by atoms with Gasteiger partial charge in [-0.15, -0.1) is 11.8 Å². The largest absolute Gasteiger partial charge is 0.545 e. The first-order valence-corrected chi connectivity index (χ1v) is 6.61. The van der Waals surface area contributed by atoms with Crippen LogP contribution in [-0.2, 0) is 5.75 Å². The van der Waals surface area contributed by atoms with E-state index in [9.17, 15) is 9.90 Å². The molecule has 0 aliphatic heterocycles. The van der Waals surface area contributed by atoms with Gasteiger partial charge in [0.15, 0.2) is 0 Å². The molecule has 0 aliphatic rings. The van der Waals surface area contributed by atoms with Crippen molar-refractivity contribution >= 4 is 17.7 Å². The van der Waals surface area contributed by atoms with Gasteiger partial charge >= 0.3 is 0 Å². The van der Waals surface area contributed by atoms with E-state index in [1.54, 1.807) is 30.3 Å². The number of carbonyl (C=O) groups is 1. The normalized spacial score (nSPS) is 9.84. The van der Waals surface area contributed by atoms with Crippen LogP contribution in [0.2, 0.25) is 0 Å². The van der Waals surface area contributed by atoms with E-state index < -0.39 is 5.97 Å².